The summed E-state index contributed by atoms with van der Waals surface area (Å²) in [5.41, 5.74) is 0.539. The molecule has 1 aliphatic rings. The lowest BCUT2D eigenvalue weighted by atomic mass is 10.2. The monoisotopic (exact) mass is 470 g/mol. The number of aromatic nitrogens is 5. The van der Waals surface area contributed by atoms with Crippen LogP contribution in [0.25, 0.3) is 27.3 Å². The molecule has 1 fully saturated rings. The highest BCUT2D eigenvalue weighted by atomic mass is 35.5. The van der Waals surface area contributed by atoms with Crippen LogP contribution in [0.2, 0.25) is 5.02 Å². The minimum absolute atomic E-state index is 0.0544. The average Bonchev–Trinajstić information content (AvgIpc) is 3.10. The Morgan fingerprint density at radius 3 is 2.73 bits per heavy atom. The van der Waals surface area contributed by atoms with E-state index < -0.39 is 27.0 Å². The van der Waals surface area contributed by atoms with E-state index in [0.717, 1.165) is 12.8 Å². The van der Waals surface area contributed by atoms with Crippen LogP contribution in [-0.2, 0) is 10.0 Å². The molecule has 1 N–H and O–H groups in total. The minimum atomic E-state index is -3.86. The Morgan fingerprint density at radius 2 is 2.07 bits per heavy atom. The van der Waals surface area contributed by atoms with Crippen molar-refractivity contribution in [3.63, 3.8) is 0 Å². The Bertz CT molecular complexity index is 1410. The van der Waals surface area contributed by atoms with Crippen LogP contribution in [0.3, 0.4) is 0 Å². The van der Waals surface area contributed by atoms with Crippen LogP contribution in [0.15, 0.2) is 29.3 Å². The van der Waals surface area contributed by atoms with E-state index in [0.29, 0.717) is 27.9 Å². The number of benzene rings is 1. The van der Waals surface area contributed by atoms with Crippen molar-refractivity contribution in [3.8, 4) is 10.7 Å². The van der Waals surface area contributed by atoms with E-state index in [4.69, 9.17) is 11.6 Å². The SMILES string of the molecule is CC1(NS(=O)(=O)c2cc(Cl)c3c(c2)c(-c2nnc(C(F)F)s2)nc2ccnn23)CC1. The maximum absolute atomic E-state index is 13.0. The van der Waals surface area contributed by atoms with Crippen molar-refractivity contribution in [2.45, 2.75) is 36.6 Å². The number of nitrogens with one attached hydrogen (secondary N) is 1. The molecule has 13 heteroatoms. The van der Waals surface area contributed by atoms with Gasteiger partial charge in [0.2, 0.25) is 10.0 Å². The van der Waals surface area contributed by atoms with Gasteiger partial charge in [-0.15, -0.1) is 10.2 Å². The number of hydrogen-bond donors (Lipinski definition) is 1. The summed E-state index contributed by atoms with van der Waals surface area (Å²) >= 11 is 7.16. The summed E-state index contributed by atoms with van der Waals surface area (Å²) in [7, 11) is -3.86. The van der Waals surface area contributed by atoms with Crippen LogP contribution >= 0.6 is 22.9 Å². The van der Waals surface area contributed by atoms with Crippen LogP contribution in [-0.4, -0.2) is 38.8 Å². The smallest absolute Gasteiger partial charge is 0.225 e. The van der Waals surface area contributed by atoms with Crippen molar-refractivity contribution in [2.75, 3.05) is 0 Å². The van der Waals surface area contributed by atoms with Gasteiger partial charge in [-0.3, -0.25) is 0 Å². The van der Waals surface area contributed by atoms with Crippen LogP contribution in [0.4, 0.5) is 8.78 Å². The molecule has 0 spiro atoms. The van der Waals surface area contributed by atoms with Crippen molar-refractivity contribution >= 4 is 49.5 Å². The Hall–Kier alpha value is -2.28. The van der Waals surface area contributed by atoms with Gasteiger partial charge in [-0.25, -0.2) is 31.4 Å². The maximum atomic E-state index is 13.0. The molecule has 1 aliphatic carbocycles. The zero-order chi connectivity index (χ0) is 21.3. The minimum Gasteiger partial charge on any atom is -0.225 e. The fourth-order valence-electron chi connectivity index (χ4n) is 3.11. The first-order valence-corrected chi connectivity index (χ1v) is 11.5. The van der Waals surface area contributed by atoms with Crippen LogP contribution < -0.4 is 4.72 Å². The molecule has 3 aromatic heterocycles. The molecule has 1 saturated carbocycles. The van der Waals surface area contributed by atoms with Crippen LogP contribution in [0.1, 0.15) is 31.2 Å². The number of fused-ring (bicyclic) bond motifs is 3. The van der Waals surface area contributed by atoms with E-state index in [9.17, 15) is 17.2 Å². The molecule has 0 atom stereocenters. The van der Waals surface area contributed by atoms with Gasteiger partial charge >= 0.3 is 0 Å². The van der Waals surface area contributed by atoms with Crippen molar-refractivity contribution in [1.29, 1.82) is 0 Å². The van der Waals surface area contributed by atoms with Crippen molar-refractivity contribution in [2.24, 2.45) is 0 Å². The first-order chi connectivity index (χ1) is 14.2. The number of alkyl halides is 2. The van der Waals surface area contributed by atoms with Crippen molar-refractivity contribution in [1.82, 2.24) is 29.5 Å². The van der Waals surface area contributed by atoms with Gasteiger partial charge in [0, 0.05) is 17.0 Å². The second-order valence-electron chi connectivity index (χ2n) is 7.28. The Balaban J connectivity index is 1.78. The van der Waals surface area contributed by atoms with E-state index in [-0.39, 0.29) is 20.6 Å². The summed E-state index contributed by atoms with van der Waals surface area (Å²) in [6.07, 6.45) is 0.224. The number of hydrogen-bond acceptors (Lipinski definition) is 7. The van der Waals surface area contributed by atoms with Gasteiger partial charge in [0.15, 0.2) is 15.7 Å². The standard InChI is InChI=1S/C17H13ClF2N6O2S2/c1-17(3-4-17)25-30(27,28)8-6-9-12(15-23-24-16(29-15)14(19)20)22-11-2-5-21-26(11)13(9)10(18)7-8/h2,5-7,14,25H,3-4H2,1H3. The maximum Gasteiger partial charge on any atom is 0.291 e. The second kappa shape index (κ2) is 6.61. The Labute approximate surface area is 178 Å². The number of sulfonamides is 1. The van der Waals surface area contributed by atoms with Gasteiger partial charge in [0.1, 0.15) is 5.69 Å². The van der Waals surface area contributed by atoms with Gasteiger partial charge in [0.05, 0.1) is 21.6 Å². The predicted molar refractivity (Wildman–Crippen MR) is 107 cm³/mol. The lowest BCUT2D eigenvalue weighted by Gasteiger charge is -2.14. The summed E-state index contributed by atoms with van der Waals surface area (Å²) < 4.78 is 56.0. The molecule has 5 rings (SSSR count). The average molecular weight is 471 g/mol. The quantitative estimate of drug-likeness (QED) is 0.475. The van der Waals surface area contributed by atoms with Crippen molar-refractivity contribution < 1.29 is 17.2 Å². The molecule has 30 heavy (non-hydrogen) atoms. The summed E-state index contributed by atoms with van der Waals surface area (Å²) in [4.78, 5) is 4.39. The molecule has 0 unspecified atom stereocenters. The van der Waals surface area contributed by atoms with E-state index in [1.165, 1.54) is 22.8 Å². The molecule has 0 saturated heterocycles. The zero-order valence-corrected chi connectivity index (χ0v) is 17.7. The zero-order valence-electron chi connectivity index (χ0n) is 15.3. The third-order valence-corrected chi connectivity index (χ3v) is 7.72. The molecule has 0 aliphatic heterocycles. The van der Waals surface area contributed by atoms with Gasteiger partial charge in [0.25, 0.3) is 6.43 Å². The van der Waals surface area contributed by atoms with Crippen molar-refractivity contribution in [3.05, 3.63) is 34.4 Å². The fraction of sp³-hybridized carbons (Fsp3) is 0.294. The van der Waals surface area contributed by atoms with Crippen LogP contribution in [0.5, 0.6) is 0 Å². The topological polar surface area (TPSA) is 102 Å². The second-order valence-corrected chi connectivity index (χ2v) is 10.4. The van der Waals surface area contributed by atoms with E-state index in [2.05, 4.69) is 25.0 Å². The summed E-state index contributed by atoms with van der Waals surface area (Å²) in [6, 6.07) is 4.37. The van der Waals surface area contributed by atoms with Crippen LogP contribution in [0, 0.1) is 0 Å². The highest BCUT2D eigenvalue weighted by Crippen LogP contribution is 2.39. The third-order valence-electron chi connectivity index (χ3n) is 4.87. The van der Waals surface area contributed by atoms with E-state index in [1.807, 2.05) is 6.92 Å². The lowest BCUT2D eigenvalue weighted by molar-refractivity contribution is 0.150. The molecule has 0 amide bonds. The molecule has 0 radical (unpaired) electrons. The molecule has 4 aromatic rings. The summed E-state index contributed by atoms with van der Waals surface area (Å²) in [5.74, 6) is 0. The number of rotatable bonds is 5. The molecule has 3 heterocycles. The highest BCUT2D eigenvalue weighted by Gasteiger charge is 2.41. The summed E-state index contributed by atoms with van der Waals surface area (Å²) in [5, 5.41) is 11.7. The van der Waals surface area contributed by atoms with Gasteiger partial charge in [-0.05, 0) is 31.9 Å². The molecular weight excluding hydrogens is 458 g/mol. The first kappa shape index (κ1) is 19.7. The molecule has 0 bridgehead atoms. The molecular formula is C17H13ClF2N6O2S2. The largest absolute Gasteiger partial charge is 0.291 e. The highest BCUT2D eigenvalue weighted by molar-refractivity contribution is 7.89. The normalized spacial score (nSPS) is 16.0. The lowest BCUT2D eigenvalue weighted by Crippen LogP contribution is -2.34. The molecule has 156 valence electrons. The summed E-state index contributed by atoms with van der Waals surface area (Å²) in [6.45, 7) is 1.82. The predicted octanol–water partition coefficient (Wildman–Crippen LogP) is 3.82. The van der Waals surface area contributed by atoms with Gasteiger partial charge in [-0.1, -0.05) is 22.9 Å². The van der Waals surface area contributed by atoms with E-state index >= 15 is 0 Å². The molecule has 1 aromatic carbocycles. The van der Waals surface area contributed by atoms with Gasteiger partial charge < -0.3 is 0 Å². The number of halogens is 3. The third kappa shape index (κ3) is 3.23. The van der Waals surface area contributed by atoms with E-state index in [1.54, 1.807) is 6.07 Å². The number of nitrogens with zero attached hydrogens (tertiary/aromatic N) is 5. The van der Waals surface area contributed by atoms with Gasteiger partial charge in [-0.2, -0.15) is 5.10 Å². The molecule has 8 nitrogen and oxygen atoms in total. The Morgan fingerprint density at radius 1 is 1.30 bits per heavy atom. The Kier molecular flexibility index (Phi) is 4.33. The first-order valence-electron chi connectivity index (χ1n) is 8.80. The fourth-order valence-corrected chi connectivity index (χ4v) is 5.69.